The molecule has 1 aliphatic rings. The largest absolute Gasteiger partial charge is 0.449 e. The molecule has 1 heterocycles. The van der Waals surface area contributed by atoms with E-state index in [4.69, 9.17) is 21.1 Å². The van der Waals surface area contributed by atoms with Crippen LogP contribution in [0.15, 0.2) is 42.5 Å². The third-order valence-corrected chi connectivity index (χ3v) is 5.78. The van der Waals surface area contributed by atoms with E-state index in [0.717, 1.165) is 44.7 Å². The van der Waals surface area contributed by atoms with E-state index in [1.807, 2.05) is 36.2 Å². The number of hydrogen-bond donors (Lipinski definition) is 1. The van der Waals surface area contributed by atoms with Crippen LogP contribution in [0.1, 0.15) is 12.0 Å². The lowest BCUT2D eigenvalue weighted by Crippen LogP contribution is -2.44. The molecular formula is C24H31ClN4O4. The van der Waals surface area contributed by atoms with E-state index in [1.54, 1.807) is 18.2 Å². The highest BCUT2D eigenvalue weighted by Crippen LogP contribution is 2.31. The number of ether oxygens (including phenoxy) is 2. The molecule has 0 radical (unpaired) electrons. The topological polar surface area (TPSA) is 74.3 Å². The number of piperazine rings is 1. The molecule has 1 fully saturated rings. The second-order valence-electron chi connectivity index (χ2n) is 8.14. The minimum atomic E-state index is -0.463. The predicted octanol–water partition coefficient (Wildman–Crippen LogP) is 3.70. The number of hydrogen-bond acceptors (Lipinski definition) is 7. The first-order valence-corrected chi connectivity index (χ1v) is 11.4. The monoisotopic (exact) mass is 474 g/mol. The Morgan fingerprint density at radius 3 is 2.73 bits per heavy atom. The van der Waals surface area contributed by atoms with Gasteiger partial charge in [-0.2, -0.15) is 0 Å². The summed E-state index contributed by atoms with van der Waals surface area (Å²) in [5.74, 6) is 0.423. The number of anilines is 2. The van der Waals surface area contributed by atoms with E-state index in [2.05, 4.69) is 22.2 Å². The SMILES string of the molecule is CN1CCN(CCCOC(=O)Nc2cccc(CN(C)c3cc(Cl)ccc3OC=O)c2)CC1. The molecule has 3 rings (SSSR count). The van der Waals surface area contributed by atoms with Crippen molar-refractivity contribution in [2.45, 2.75) is 13.0 Å². The zero-order valence-corrected chi connectivity index (χ0v) is 19.9. The number of carbonyl (C=O) groups excluding carboxylic acids is 2. The number of likely N-dealkylation sites (N-methyl/N-ethyl adjacent to an activating group) is 1. The number of benzene rings is 2. The van der Waals surface area contributed by atoms with Gasteiger partial charge in [0, 0.05) is 57.0 Å². The van der Waals surface area contributed by atoms with Crippen molar-refractivity contribution in [2.75, 3.05) is 63.6 Å². The van der Waals surface area contributed by atoms with Crippen LogP contribution in [-0.4, -0.2) is 75.8 Å². The molecule has 8 nitrogen and oxygen atoms in total. The first kappa shape index (κ1) is 24.8. The molecule has 2 aromatic carbocycles. The molecule has 0 bridgehead atoms. The van der Waals surface area contributed by atoms with E-state index < -0.39 is 6.09 Å². The highest BCUT2D eigenvalue weighted by atomic mass is 35.5. The van der Waals surface area contributed by atoms with Crippen LogP contribution in [0, 0.1) is 0 Å². The fraction of sp³-hybridized carbons (Fsp3) is 0.417. The average molecular weight is 475 g/mol. The Morgan fingerprint density at radius 1 is 1.18 bits per heavy atom. The van der Waals surface area contributed by atoms with Gasteiger partial charge in [-0.15, -0.1) is 0 Å². The summed E-state index contributed by atoms with van der Waals surface area (Å²) in [6.45, 7) is 6.50. The molecule has 9 heteroatoms. The van der Waals surface area contributed by atoms with Crippen molar-refractivity contribution in [1.82, 2.24) is 9.80 Å². The maximum Gasteiger partial charge on any atom is 0.411 e. The van der Waals surface area contributed by atoms with E-state index in [9.17, 15) is 9.59 Å². The molecule has 2 aromatic rings. The van der Waals surface area contributed by atoms with Crippen LogP contribution in [0.3, 0.4) is 0 Å². The van der Waals surface area contributed by atoms with Gasteiger partial charge in [-0.3, -0.25) is 10.1 Å². The Kier molecular flexibility index (Phi) is 9.35. The molecule has 0 spiro atoms. The number of amides is 1. The van der Waals surface area contributed by atoms with Gasteiger partial charge in [-0.25, -0.2) is 4.79 Å². The van der Waals surface area contributed by atoms with Crippen LogP contribution < -0.4 is 15.0 Å². The third kappa shape index (κ3) is 7.92. The molecule has 1 aliphatic heterocycles. The second kappa shape index (κ2) is 12.4. The summed E-state index contributed by atoms with van der Waals surface area (Å²) in [6, 6.07) is 12.6. The fourth-order valence-electron chi connectivity index (χ4n) is 3.73. The Morgan fingerprint density at radius 2 is 1.97 bits per heavy atom. The first-order chi connectivity index (χ1) is 15.9. The minimum Gasteiger partial charge on any atom is -0.449 e. The van der Waals surface area contributed by atoms with Gasteiger partial charge in [0.2, 0.25) is 0 Å². The highest BCUT2D eigenvalue weighted by molar-refractivity contribution is 6.31. The van der Waals surface area contributed by atoms with E-state index in [-0.39, 0.29) is 0 Å². The maximum absolute atomic E-state index is 12.2. The number of rotatable bonds is 10. The van der Waals surface area contributed by atoms with Crippen LogP contribution >= 0.6 is 11.6 Å². The molecule has 0 saturated carbocycles. The molecule has 0 aromatic heterocycles. The summed E-state index contributed by atoms with van der Waals surface area (Å²) in [6.07, 6.45) is 0.350. The van der Waals surface area contributed by atoms with Gasteiger partial charge in [0.25, 0.3) is 6.47 Å². The molecular weight excluding hydrogens is 444 g/mol. The molecule has 1 amide bonds. The van der Waals surface area contributed by atoms with Crippen molar-refractivity contribution in [3.05, 3.63) is 53.1 Å². The molecule has 1 saturated heterocycles. The third-order valence-electron chi connectivity index (χ3n) is 5.55. The Bertz CT molecular complexity index is 934. The molecule has 0 aliphatic carbocycles. The average Bonchev–Trinajstić information content (AvgIpc) is 2.79. The molecule has 178 valence electrons. The van der Waals surface area contributed by atoms with Gasteiger partial charge < -0.3 is 24.2 Å². The zero-order valence-electron chi connectivity index (χ0n) is 19.1. The quantitative estimate of drug-likeness (QED) is 0.415. The van der Waals surface area contributed by atoms with Crippen LogP contribution in [0.4, 0.5) is 16.2 Å². The Hall–Kier alpha value is -2.81. The van der Waals surface area contributed by atoms with Crippen molar-refractivity contribution in [3.8, 4) is 5.75 Å². The van der Waals surface area contributed by atoms with Crippen molar-refractivity contribution in [3.63, 3.8) is 0 Å². The summed E-state index contributed by atoms with van der Waals surface area (Å²) >= 11 is 6.11. The van der Waals surface area contributed by atoms with Gasteiger partial charge >= 0.3 is 6.09 Å². The summed E-state index contributed by atoms with van der Waals surface area (Å²) in [5, 5.41) is 3.33. The smallest absolute Gasteiger partial charge is 0.411 e. The normalized spacial score (nSPS) is 14.5. The van der Waals surface area contributed by atoms with Crippen molar-refractivity contribution in [2.24, 2.45) is 0 Å². The lowest BCUT2D eigenvalue weighted by atomic mass is 10.1. The first-order valence-electron chi connectivity index (χ1n) is 11.0. The summed E-state index contributed by atoms with van der Waals surface area (Å²) in [4.78, 5) is 29.6. The second-order valence-corrected chi connectivity index (χ2v) is 8.58. The zero-order chi connectivity index (χ0) is 23.6. The Balaban J connectivity index is 1.48. The van der Waals surface area contributed by atoms with E-state index >= 15 is 0 Å². The minimum absolute atomic E-state index is 0.384. The summed E-state index contributed by atoms with van der Waals surface area (Å²) in [5.41, 5.74) is 2.30. The number of nitrogens with zero attached hydrogens (tertiary/aromatic N) is 3. The van der Waals surface area contributed by atoms with Crippen molar-refractivity contribution < 1.29 is 19.1 Å². The van der Waals surface area contributed by atoms with Crippen LogP contribution in [0.5, 0.6) is 5.75 Å². The van der Waals surface area contributed by atoms with Gasteiger partial charge in [0.05, 0.1) is 12.3 Å². The summed E-state index contributed by atoms with van der Waals surface area (Å²) < 4.78 is 10.4. The lowest BCUT2D eigenvalue weighted by Gasteiger charge is -2.32. The fourth-order valence-corrected chi connectivity index (χ4v) is 3.89. The van der Waals surface area contributed by atoms with Gasteiger partial charge in [-0.05, 0) is 49.4 Å². The number of nitrogens with one attached hydrogen (secondary N) is 1. The van der Waals surface area contributed by atoms with Gasteiger partial charge in [0.1, 0.15) is 0 Å². The summed E-state index contributed by atoms with van der Waals surface area (Å²) in [7, 11) is 4.01. The number of halogens is 1. The standard InChI is InChI=1S/C24H31ClN4O4/c1-27-10-12-29(13-11-27)9-4-14-32-24(31)26-21-6-3-5-19(15-21)17-28(2)22-16-20(25)7-8-23(22)33-18-30/h3,5-8,15-16,18H,4,9-14,17H2,1-2H3,(H,26,31). The molecule has 33 heavy (non-hydrogen) atoms. The molecule has 1 N–H and O–H groups in total. The van der Waals surface area contributed by atoms with Crippen LogP contribution in [0.2, 0.25) is 5.02 Å². The maximum atomic E-state index is 12.2. The van der Waals surface area contributed by atoms with E-state index in [1.165, 1.54) is 0 Å². The molecule has 0 unspecified atom stereocenters. The van der Waals surface area contributed by atoms with Crippen molar-refractivity contribution in [1.29, 1.82) is 0 Å². The van der Waals surface area contributed by atoms with Crippen LogP contribution in [-0.2, 0) is 16.1 Å². The highest BCUT2D eigenvalue weighted by Gasteiger charge is 2.14. The lowest BCUT2D eigenvalue weighted by molar-refractivity contribution is -0.120. The predicted molar refractivity (Wildman–Crippen MR) is 130 cm³/mol. The number of carbonyl (C=O) groups is 2. The molecule has 0 atom stereocenters. The van der Waals surface area contributed by atoms with Gasteiger partial charge in [-0.1, -0.05) is 23.7 Å². The Labute approximate surface area is 200 Å². The van der Waals surface area contributed by atoms with Crippen molar-refractivity contribution >= 4 is 35.5 Å². The van der Waals surface area contributed by atoms with Gasteiger partial charge in [0.15, 0.2) is 5.75 Å². The van der Waals surface area contributed by atoms with E-state index in [0.29, 0.717) is 41.8 Å². The van der Waals surface area contributed by atoms with Crippen LogP contribution in [0.25, 0.3) is 0 Å².